The van der Waals surface area contributed by atoms with Crippen molar-refractivity contribution in [2.45, 2.75) is 19.8 Å². The molecule has 0 atom stereocenters. The van der Waals surface area contributed by atoms with Crippen molar-refractivity contribution in [2.75, 3.05) is 7.11 Å². The summed E-state index contributed by atoms with van der Waals surface area (Å²) in [4.78, 5) is 14.8. The third kappa shape index (κ3) is 2.44. The van der Waals surface area contributed by atoms with E-state index >= 15 is 0 Å². The van der Waals surface area contributed by atoms with Crippen molar-refractivity contribution in [1.82, 2.24) is 4.98 Å². The number of rotatable bonds is 3. The smallest absolute Gasteiger partial charge is 0.310 e. The molecule has 1 aromatic heterocycles. The molecule has 4 nitrogen and oxygen atoms in total. The molecule has 1 heterocycles. The number of esters is 1. The Balaban J connectivity index is 3.23. The maximum Gasteiger partial charge on any atom is 0.310 e. The Labute approximate surface area is 90.9 Å². The van der Waals surface area contributed by atoms with Gasteiger partial charge in [-0.05, 0) is 12.5 Å². The standard InChI is InChI=1S/C10H11F2NO3/c1-5-6(3-8(15)16-2)9(10(11)12)7(14)4-13-5/h4,10,14H,3H2,1-2H3. The number of ether oxygens (including phenoxy) is 1. The molecule has 0 saturated carbocycles. The van der Waals surface area contributed by atoms with Crippen molar-refractivity contribution < 1.29 is 23.4 Å². The number of carbonyl (C=O) groups is 1. The average Bonchev–Trinajstić information content (AvgIpc) is 2.22. The number of pyridine rings is 1. The van der Waals surface area contributed by atoms with Crippen molar-refractivity contribution in [3.8, 4) is 5.75 Å². The summed E-state index contributed by atoms with van der Waals surface area (Å²) in [5.41, 5.74) is -0.266. The molecule has 0 unspecified atom stereocenters. The van der Waals surface area contributed by atoms with Crippen LogP contribution in [0.1, 0.15) is 23.2 Å². The highest BCUT2D eigenvalue weighted by atomic mass is 19.3. The molecular weight excluding hydrogens is 220 g/mol. The van der Waals surface area contributed by atoms with Crippen LogP contribution in [0.2, 0.25) is 0 Å². The maximum absolute atomic E-state index is 12.7. The van der Waals surface area contributed by atoms with Gasteiger partial charge in [-0.1, -0.05) is 0 Å². The summed E-state index contributed by atoms with van der Waals surface area (Å²) in [7, 11) is 1.16. The first-order valence-electron chi connectivity index (χ1n) is 4.49. The number of alkyl halides is 2. The normalized spacial score (nSPS) is 10.6. The van der Waals surface area contributed by atoms with Crippen LogP contribution < -0.4 is 0 Å². The van der Waals surface area contributed by atoms with Gasteiger partial charge < -0.3 is 9.84 Å². The first-order valence-corrected chi connectivity index (χ1v) is 4.49. The van der Waals surface area contributed by atoms with Gasteiger partial charge in [-0.15, -0.1) is 0 Å². The Morgan fingerprint density at radius 2 is 2.25 bits per heavy atom. The van der Waals surface area contributed by atoms with E-state index in [0.717, 1.165) is 13.3 Å². The number of methoxy groups -OCH3 is 1. The molecule has 16 heavy (non-hydrogen) atoms. The van der Waals surface area contributed by atoms with Gasteiger partial charge in [-0.2, -0.15) is 0 Å². The zero-order valence-electron chi connectivity index (χ0n) is 8.83. The summed E-state index contributed by atoms with van der Waals surface area (Å²) in [5.74, 6) is -1.27. The predicted octanol–water partition coefficient (Wildman–Crippen LogP) is 1.75. The van der Waals surface area contributed by atoms with E-state index < -0.39 is 23.7 Å². The van der Waals surface area contributed by atoms with Crippen LogP contribution in [0.25, 0.3) is 0 Å². The molecule has 0 saturated heterocycles. The van der Waals surface area contributed by atoms with E-state index in [-0.39, 0.29) is 17.7 Å². The molecule has 1 rings (SSSR count). The van der Waals surface area contributed by atoms with Crippen molar-refractivity contribution in [3.05, 3.63) is 23.0 Å². The van der Waals surface area contributed by atoms with Gasteiger partial charge in [0.1, 0.15) is 5.75 Å². The van der Waals surface area contributed by atoms with E-state index in [0.29, 0.717) is 0 Å². The van der Waals surface area contributed by atoms with Gasteiger partial charge in [0.05, 0.1) is 25.3 Å². The Morgan fingerprint density at radius 1 is 1.62 bits per heavy atom. The molecule has 0 aliphatic carbocycles. The van der Waals surface area contributed by atoms with E-state index in [2.05, 4.69) is 9.72 Å². The number of halogens is 2. The molecule has 0 fully saturated rings. The predicted molar refractivity (Wildman–Crippen MR) is 51.3 cm³/mol. The second-order valence-electron chi connectivity index (χ2n) is 3.17. The topological polar surface area (TPSA) is 59.4 Å². The Kier molecular flexibility index (Phi) is 3.76. The van der Waals surface area contributed by atoms with Gasteiger partial charge in [0, 0.05) is 5.69 Å². The average molecular weight is 231 g/mol. The monoisotopic (exact) mass is 231 g/mol. The number of nitrogens with zero attached hydrogens (tertiary/aromatic N) is 1. The number of hydrogen-bond donors (Lipinski definition) is 1. The first kappa shape index (κ1) is 12.4. The van der Waals surface area contributed by atoms with E-state index in [1.54, 1.807) is 0 Å². The lowest BCUT2D eigenvalue weighted by Crippen LogP contribution is -2.10. The number of hydrogen-bond acceptors (Lipinski definition) is 4. The summed E-state index contributed by atoms with van der Waals surface area (Å²) in [6.07, 6.45) is -2.25. The quantitative estimate of drug-likeness (QED) is 0.805. The highest BCUT2D eigenvalue weighted by Crippen LogP contribution is 2.32. The minimum Gasteiger partial charge on any atom is -0.506 e. The molecule has 0 radical (unpaired) electrons. The molecule has 1 N–H and O–H groups in total. The number of aromatic hydroxyl groups is 1. The highest BCUT2D eigenvalue weighted by Gasteiger charge is 2.22. The van der Waals surface area contributed by atoms with Crippen LogP contribution in [-0.2, 0) is 16.0 Å². The van der Waals surface area contributed by atoms with Crippen LogP contribution in [0.15, 0.2) is 6.20 Å². The van der Waals surface area contributed by atoms with Gasteiger partial charge in [0.2, 0.25) is 0 Å². The summed E-state index contributed by atoms with van der Waals surface area (Å²) in [6, 6.07) is 0. The van der Waals surface area contributed by atoms with Crippen LogP contribution >= 0.6 is 0 Å². The van der Waals surface area contributed by atoms with Crippen molar-refractivity contribution in [1.29, 1.82) is 0 Å². The van der Waals surface area contributed by atoms with Crippen LogP contribution in [0, 0.1) is 6.92 Å². The fourth-order valence-corrected chi connectivity index (χ4v) is 1.34. The molecule has 6 heteroatoms. The van der Waals surface area contributed by atoms with E-state index in [1.807, 2.05) is 0 Å². The summed E-state index contributed by atoms with van der Waals surface area (Å²) < 4.78 is 29.8. The lowest BCUT2D eigenvalue weighted by molar-refractivity contribution is -0.139. The summed E-state index contributed by atoms with van der Waals surface area (Å²) >= 11 is 0. The minimum atomic E-state index is -2.86. The Morgan fingerprint density at radius 3 is 2.75 bits per heavy atom. The van der Waals surface area contributed by atoms with E-state index in [9.17, 15) is 18.7 Å². The molecule has 88 valence electrons. The highest BCUT2D eigenvalue weighted by molar-refractivity contribution is 5.73. The molecule has 0 spiro atoms. The zero-order valence-corrected chi connectivity index (χ0v) is 8.83. The first-order chi connectivity index (χ1) is 7.47. The second kappa shape index (κ2) is 4.87. The summed E-state index contributed by atoms with van der Waals surface area (Å²) in [6.45, 7) is 1.49. The molecule has 0 aliphatic rings. The third-order valence-corrected chi connectivity index (χ3v) is 2.19. The van der Waals surface area contributed by atoms with Crippen LogP contribution in [0.3, 0.4) is 0 Å². The zero-order chi connectivity index (χ0) is 12.3. The van der Waals surface area contributed by atoms with Gasteiger partial charge in [-0.25, -0.2) is 8.78 Å². The number of aromatic nitrogens is 1. The van der Waals surface area contributed by atoms with Gasteiger partial charge >= 0.3 is 5.97 Å². The largest absolute Gasteiger partial charge is 0.506 e. The van der Waals surface area contributed by atoms with Gasteiger partial charge in [0.25, 0.3) is 6.43 Å². The summed E-state index contributed by atoms with van der Waals surface area (Å²) in [5, 5.41) is 9.28. The molecule has 0 bridgehead atoms. The fourth-order valence-electron chi connectivity index (χ4n) is 1.34. The Bertz CT molecular complexity index is 407. The number of carbonyl (C=O) groups excluding carboxylic acids is 1. The lowest BCUT2D eigenvalue weighted by Gasteiger charge is -2.11. The molecule has 1 aromatic rings. The van der Waals surface area contributed by atoms with Crippen LogP contribution in [-0.4, -0.2) is 23.2 Å². The third-order valence-electron chi connectivity index (χ3n) is 2.19. The number of aryl methyl sites for hydroxylation is 1. The molecule has 0 amide bonds. The van der Waals surface area contributed by atoms with Crippen LogP contribution in [0.4, 0.5) is 8.78 Å². The lowest BCUT2D eigenvalue weighted by atomic mass is 10.0. The van der Waals surface area contributed by atoms with E-state index in [4.69, 9.17) is 0 Å². The molecule has 0 aliphatic heterocycles. The van der Waals surface area contributed by atoms with Gasteiger partial charge in [-0.3, -0.25) is 9.78 Å². The van der Waals surface area contributed by atoms with Crippen molar-refractivity contribution in [3.63, 3.8) is 0 Å². The second-order valence-corrected chi connectivity index (χ2v) is 3.17. The van der Waals surface area contributed by atoms with Gasteiger partial charge in [0.15, 0.2) is 0 Å². The van der Waals surface area contributed by atoms with E-state index in [1.165, 1.54) is 6.92 Å². The fraction of sp³-hybridized carbons (Fsp3) is 0.400. The molecule has 0 aromatic carbocycles. The minimum absolute atomic E-state index is 0.0156. The van der Waals surface area contributed by atoms with Crippen molar-refractivity contribution in [2.24, 2.45) is 0 Å². The Hall–Kier alpha value is -1.72. The molecular formula is C10H11F2NO3. The van der Waals surface area contributed by atoms with Crippen LogP contribution in [0.5, 0.6) is 5.75 Å². The van der Waals surface area contributed by atoms with Crippen molar-refractivity contribution >= 4 is 5.97 Å². The maximum atomic E-state index is 12.7. The SMILES string of the molecule is COC(=O)Cc1c(C)ncc(O)c1C(F)F.